The van der Waals surface area contributed by atoms with Gasteiger partial charge in [0.2, 0.25) is 0 Å². The molecule has 0 aliphatic carbocycles. The molecule has 94 valence electrons. The predicted molar refractivity (Wildman–Crippen MR) is 74.1 cm³/mol. The van der Waals surface area contributed by atoms with Gasteiger partial charge in [0.25, 0.3) is 0 Å². The van der Waals surface area contributed by atoms with Crippen LogP contribution in [0.2, 0.25) is 5.02 Å². The van der Waals surface area contributed by atoms with Crippen LogP contribution in [-0.2, 0) is 6.54 Å². The molecule has 0 radical (unpaired) electrons. The lowest BCUT2D eigenvalue weighted by Gasteiger charge is -2.02. The molecule has 1 rings (SSSR count). The van der Waals surface area contributed by atoms with Gasteiger partial charge < -0.3 is 5.32 Å². The Balaban J connectivity index is 0. The number of nitrogens with one attached hydrogen (secondary N) is 1. The summed E-state index contributed by atoms with van der Waals surface area (Å²) in [6.45, 7) is 11.1. The Morgan fingerprint density at radius 1 is 1.31 bits per heavy atom. The van der Waals surface area contributed by atoms with Gasteiger partial charge in [-0.2, -0.15) is 0 Å². The third kappa shape index (κ3) is 8.69. The van der Waals surface area contributed by atoms with Crippen molar-refractivity contribution >= 4 is 11.6 Å². The van der Waals surface area contributed by atoms with Crippen LogP contribution in [0.5, 0.6) is 0 Å². The number of halogens is 1. The molecule has 16 heavy (non-hydrogen) atoms. The zero-order chi connectivity index (χ0) is 13.0. The minimum absolute atomic E-state index is 0.697. The molecule has 1 aromatic rings. The van der Waals surface area contributed by atoms with Crippen molar-refractivity contribution in [3.05, 3.63) is 28.5 Å². The number of nitrogens with zero attached hydrogens (tertiary/aromatic N) is 1. The van der Waals surface area contributed by atoms with Crippen LogP contribution in [0.1, 0.15) is 45.4 Å². The number of aryl methyl sites for hydroxylation is 1. The molecule has 0 aromatic carbocycles. The summed E-state index contributed by atoms with van der Waals surface area (Å²) in [5.41, 5.74) is 2.18. The van der Waals surface area contributed by atoms with Gasteiger partial charge in [0.1, 0.15) is 0 Å². The molecule has 2 nitrogen and oxygen atoms in total. The molecule has 1 N–H and O–H groups in total. The van der Waals surface area contributed by atoms with Crippen molar-refractivity contribution in [3.63, 3.8) is 0 Å². The van der Waals surface area contributed by atoms with E-state index in [9.17, 15) is 0 Å². The van der Waals surface area contributed by atoms with Crippen molar-refractivity contribution in [2.45, 2.75) is 47.6 Å². The van der Waals surface area contributed by atoms with Crippen LogP contribution in [0.25, 0.3) is 0 Å². The van der Waals surface area contributed by atoms with Crippen molar-refractivity contribution in [3.8, 4) is 0 Å². The van der Waals surface area contributed by atoms with E-state index >= 15 is 0 Å². The topological polar surface area (TPSA) is 24.9 Å². The quantitative estimate of drug-likeness (QED) is 0.843. The maximum Gasteiger partial charge on any atom is 0.0592 e. The molecule has 0 saturated carbocycles. The highest BCUT2D eigenvalue weighted by Crippen LogP contribution is 2.11. The van der Waals surface area contributed by atoms with Crippen molar-refractivity contribution < 1.29 is 0 Å². The van der Waals surface area contributed by atoms with E-state index in [1.807, 2.05) is 33.9 Å². The third-order valence-electron chi connectivity index (χ3n) is 1.50. The second-order valence-electron chi connectivity index (χ2n) is 3.15. The molecule has 0 fully saturated rings. The molecule has 0 saturated heterocycles. The van der Waals surface area contributed by atoms with Crippen molar-refractivity contribution in [2.75, 3.05) is 7.05 Å². The fourth-order valence-electron chi connectivity index (χ4n) is 0.921. The zero-order valence-electron chi connectivity index (χ0n) is 11.4. The smallest absolute Gasteiger partial charge is 0.0592 e. The summed E-state index contributed by atoms with van der Waals surface area (Å²) in [7, 11) is 1.90. The molecule has 3 heteroatoms. The van der Waals surface area contributed by atoms with Crippen molar-refractivity contribution in [1.82, 2.24) is 10.3 Å². The van der Waals surface area contributed by atoms with E-state index in [1.165, 1.54) is 6.42 Å². The largest absolute Gasteiger partial charge is 0.314 e. The second kappa shape index (κ2) is 12.5. The van der Waals surface area contributed by atoms with E-state index in [1.54, 1.807) is 6.20 Å². The Hall–Kier alpha value is -0.600. The van der Waals surface area contributed by atoms with Gasteiger partial charge >= 0.3 is 0 Å². The predicted octanol–water partition coefficient (Wildman–Crippen LogP) is 4.21. The van der Waals surface area contributed by atoms with Crippen molar-refractivity contribution in [2.24, 2.45) is 0 Å². The molecular weight excluding hydrogens is 220 g/mol. The van der Waals surface area contributed by atoms with Gasteiger partial charge in [-0.05, 0) is 25.6 Å². The monoisotopic (exact) mass is 244 g/mol. The molecule has 0 unspecified atom stereocenters. The number of aromatic nitrogens is 1. The van der Waals surface area contributed by atoms with E-state index in [0.717, 1.165) is 17.8 Å². The van der Waals surface area contributed by atoms with Gasteiger partial charge in [-0.25, -0.2) is 0 Å². The van der Waals surface area contributed by atoms with Gasteiger partial charge in [-0.15, -0.1) is 0 Å². The number of pyridine rings is 1. The van der Waals surface area contributed by atoms with Gasteiger partial charge in [-0.1, -0.05) is 45.7 Å². The average molecular weight is 245 g/mol. The Kier molecular flexibility index (Phi) is 13.9. The lowest BCUT2D eigenvalue weighted by atomic mass is 10.2. The highest BCUT2D eigenvalue weighted by Gasteiger charge is 1.97. The third-order valence-corrected chi connectivity index (χ3v) is 1.70. The van der Waals surface area contributed by atoms with Gasteiger partial charge in [0, 0.05) is 12.7 Å². The van der Waals surface area contributed by atoms with E-state index in [4.69, 9.17) is 11.6 Å². The molecule has 0 aliphatic rings. The molecule has 0 atom stereocenters. The Bertz CT molecular complexity index is 262. The molecule has 1 heterocycles. The summed E-state index contributed by atoms with van der Waals surface area (Å²) >= 11 is 5.73. The summed E-state index contributed by atoms with van der Waals surface area (Å²) in [6, 6.07) is 1.92. The van der Waals surface area contributed by atoms with Crippen molar-refractivity contribution in [1.29, 1.82) is 0 Å². The van der Waals surface area contributed by atoms with E-state index < -0.39 is 0 Å². The van der Waals surface area contributed by atoms with Crippen LogP contribution < -0.4 is 5.32 Å². The standard InChI is InChI=1S/C8H11ClN2.C3H8.C2H6/c1-6-3-7(9)4-11-8(6)5-10-2;1-3-2;1-2/h3-4,10H,5H2,1-2H3;3H2,1-2H3;1-2H3. The molecule has 0 spiro atoms. The second-order valence-corrected chi connectivity index (χ2v) is 3.59. The Morgan fingerprint density at radius 2 is 1.81 bits per heavy atom. The van der Waals surface area contributed by atoms with Crippen LogP contribution in [0, 0.1) is 6.92 Å². The molecular formula is C13H25ClN2. The fourth-order valence-corrected chi connectivity index (χ4v) is 1.13. The minimum Gasteiger partial charge on any atom is -0.314 e. The summed E-state index contributed by atoms with van der Waals surface area (Å²) < 4.78 is 0. The fraction of sp³-hybridized carbons (Fsp3) is 0.615. The first-order valence-corrected chi connectivity index (χ1v) is 6.29. The van der Waals surface area contributed by atoms with Crippen LogP contribution in [0.4, 0.5) is 0 Å². The zero-order valence-corrected chi connectivity index (χ0v) is 12.2. The molecule has 0 bridgehead atoms. The van der Waals surface area contributed by atoms with Gasteiger partial charge in [0.15, 0.2) is 0 Å². The van der Waals surface area contributed by atoms with Gasteiger partial charge in [-0.3, -0.25) is 4.98 Å². The first-order valence-electron chi connectivity index (χ1n) is 5.91. The van der Waals surface area contributed by atoms with Crippen LogP contribution >= 0.6 is 11.6 Å². The first-order chi connectivity index (χ1) is 7.65. The van der Waals surface area contributed by atoms with E-state index in [-0.39, 0.29) is 0 Å². The average Bonchev–Trinajstić information content (AvgIpc) is 2.26. The summed E-state index contributed by atoms with van der Waals surface area (Å²) in [5, 5.41) is 3.74. The van der Waals surface area contributed by atoms with Crippen LogP contribution in [0.3, 0.4) is 0 Å². The lowest BCUT2D eigenvalue weighted by Crippen LogP contribution is -2.08. The summed E-state index contributed by atoms with van der Waals surface area (Å²) in [5.74, 6) is 0. The maximum absolute atomic E-state index is 5.73. The highest BCUT2D eigenvalue weighted by molar-refractivity contribution is 6.30. The number of hydrogen-bond acceptors (Lipinski definition) is 2. The van der Waals surface area contributed by atoms with E-state index in [0.29, 0.717) is 5.02 Å². The normalized spacial score (nSPS) is 8.44. The lowest BCUT2D eigenvalue weighted by molar-refractivity contribution is 0.784. The van der Waals surface area contributed by atoms with Crippen LogP contribution in [0.15, 0.2) is 12.3 Å². The van der Waals surface area contributed by atoms with E-state index in [2.05, 4.69) is 24.1 Å². The van der Waals surface area contributed by atoms with Gasteiger partial charge in [0.05, 0.1) is 10.7 Å². The SMILES string of the molecule is CC.CCC.CNCc1ncc(Cl)cc1C. The minimum atomic E-state index is 0.697. The molecule has 0 aliphatic heterocycles. The number of hydrogen-bond donors (Lipinski definition) is 1. The molecule has 1 aromatic heterocycles. The van der Waals surface area contributed by atoms with Crippen LogP contribution in [-0.4, -0.2) is 12.0 Å². The Labute approximate surface area is 105 Å². The summed E-state index contributed by atoms with van der Waals surface area (Å²) in [4.78, 5) is 4.17. The maximum atomic E-state index is 5.73. The molecule has 0 amide bonds. The summed E-state index contributed by atoms with van der Waals surface area (Å²) in [6.07, 6.45) is 2.92. The first kappa shape index (κ1) is 17.8. The number of rotatable bonds is 2. The highest BCUT2D eigenvalue weighted by atomic mass is 35.5. The Morgan fingerprint density at radius 3 is 2.19 bits per heavy atom.